The van der Waals surface area contributed by atoms with Gasteiger partial charge in [-0.2, -0.15) is 0 Å². The Morgan fingerprint density at radius 2 is 2.12 bits per heavy atom. The molecule has 1 aromatic carbocycles. The lowest BCUT2D eigenvalue weighted by Gasteiger charge is -2.31. The number of nitrogens with one attached hydrogen (secondary N) is 1. The van der Waals surface area contributed by atoms with Crippen molar-refractivity contribution >= 4 is 51.4 Å². The van der Waals surface area contributed by atoms with E-state index >= 15 is 0 Å². The number of hydrogen-bond acceptors (Lipinski definition) is 4. The fourth-order valence-corrected chi connectivity index (χ4v) is 3.93. The highest BCUT2D eigenvalue weighted by atomic mass is 127. The zero-order valence-corrected chi connectivity index (χ0v) is 18.0. The summed E-state index contributed by atoms with van der Waals surface area (Å²) in [6.45, 7) is 9.84. The third-order valence-electron chi connectivity index (χ3n) is 3.82. The van der Waals surface area contributed by atoms with Crippen molar-refractivity contribution in [1.82, 2.24) is 5.32 Å². The molecule has 1 aromatic rings. The van der Waals surface area contributed by atoms with Crippen LogP contribution >= 0.6 is 34.8 Å². The molecule has 2 unspecified atom stereocenters. The van der Waals surface area contributed by atoms with E-state index in [9.17, 15) is 4.79 Å². The van der Waals surface area contributed by atoms with Crippen LogP contribution in [-0.2, 0) is 4.79 Å². The van der Waals surface area contributed by atoms with Crippen LogP contribution in [0.4, 0.5) is 0 Å². The highest BCUT2D eigenvalue weighted by Gasteiger charge is 2.34. The number of Topliss-reactive ketones (excluding diaryl/α,β-unsaturated/α-hetero) is 1. The van der Waals surface area contributed by atoms with Crippen LogP contribution in [-0.4, -0.2) is 29.3 Å². The minimum absolute atomic E-state index is 0.0401. The van der Waals surface area contributed by atoms with Crippen molar-refractivity contribution in [2.45, 2.75) is 46.8 Å². The number of ether oxygens (including phenoxy) is 2. The van der Waals surface area contributed by atoms with E-state index in [0.717, 1.165) is 20.6 Å². The Morgan fingerprint density at radius 3 is 2.68 bits per heavy atom. The van der Waals surface area contributed by atoms with Crippen LogP contribution in [0.2, 0.25) is 0 Å². The predicted octanol–water partition coefficient (Wildman–Crippen LogP) is 4.07. The second kappa shape index (κ2) is 8.44. The van der Waals surface area contributed by atoms with Gasteiger partial charge >= 0.3 is 0 Å². The van der Waals surface area contributed by atoms with Crippen LogP contribution < -0.4 is 14.8 Å². The van der Waals surface area contributed by atoms with Crippen LogP contribution in [0.15, 0.2) is 17.1 Å². The Labute approximate surface area is 167 Å². The molecular formula is C18H23IN2O3S. The van der Waals surface area contributed by atoms with Crippen molar-refractivity contribution in [2.75, 3.05) is 6.61 Å². The first-order chi connectivity index (χ1) is 11.7. The van der Waals surface area contributed by atoms with E-state index in [1.807, 2.05) is 39.8 Å². The summed E-state index contributed by atoms with van der Waals surface area (Å²) in [6.07, 6.45) is 0.0401. The second-order valence-electron chi connectivity index (χ2n) is 6.20. The van der Waals surface area contributed by atoms with Gasteiger partial charge in [0.05, 0.1) is 28.2 Å². The summed E-state index contributed by atoms with van der Waals surface area (Å²) in [5, 5.41) is 3.57. The van der Waals surface area contributed by atoms with E-state index < -0.39 is 0 Å². The molecular weight excluding hydrogens is 451 g/mol. The molecule has 1 heterocycles. The van der Waals surface area contributed by atoms with Gasteiger partial charge in [-0.3, -0.25) is 4.79 Å². The SMILES string of the molecule is CCOc1cc(C2NC(=S)N=C(C)C2C(C)=O)cc(I)c1OC(C)C. The molecule has 0 saturated heterocycles. The van der Waals surface area contributed by atoms with Crippen LogP contribution in [0.25, 0.3) is 0 Å². The van der Waals surface area contributed by atoms with Crippen LogP contribution in [0.5, 0.6) is 11.5 Å². The number of benzene rings is 1. The Kier molecular flexibility index (Phi) is 6.79. The summed E-state index contributed by atoms with van der Waals surface area (Å²) in [5.74, 6) is 1.10. The fourth-order valence-electron chi connectivity index (χ4n) is 2.90. The Balaban J connectivity index is 2.52. The number of halogens is 1. The van der Waals surface area contributed by atoms with E-state index in [0.29, 0.717) is 17.5 Å². The third kappa shape index (κ3) is 4.69. The zero-order chi connectivity index (χ0) is 18.7. The summed E-state index contributed by atoms with van der Waals surface area (Å²) < 4.78 is 12.6. The first kappa shape index (κ1) is 20.1. The van der Waals surface area contributed by atoms with Crippen molar-refractivity contribution in [3.8, 4) is 11.5 Å². The molecule has 0 bridgehead atoms. The largest absolute Gasteiger partial charge is 0.490 e. The number of carbonyl (C=O) groups is 1. The van der Waals surface area contributed by atoms with Gasteiger partial charge in [-0.1, -0.05) is 0 Å². The standard InChI is InChI=1S/C18H23IN2O3S/c1-6-23-14-8-12(7-13(19)17(14)24-9(2)3)16-15(11(5)22)10(4)20-18(25)21-16/h7-9,15-16H,6H2,1-5H3,(H,21,25). The number of carbonyl (C=O) groups excluding carboxylic acids is 1. The Bertz CT molecular complexity index is 719. The van der Waals surface area contributed by atoms with Crippen LogP contribution in [0.3, 0.4) is 0 Å². The van der Waals surface area contributed by atoms with Gasteiger partial charge in [0.2, 0.25) is 0 Å². The average Bonchev–Trinajstić information content (AvgIpc) is 2.49. The molecule has 0 saturated carbocycles. The molecule has 7 heteroatoms. The molecule has 25 heavy (non-hydrogen) atoms. The van der Waals surface area contributed by atoms with E-state index in [2.05, 4.69) is 32.9 Å². The van der Waals surface area contributed by atoms with Gasteiger partial charge in [0.15, 0.2) is 16.6 Å². The lowest BCUT2D eigenvalue weighted by molar-refractivity contribution is -0.119. The first-order valence-electron chi connectivity index (χ1n) is 8.23. The summed E-state index contributed by atoms with van der Waals surface area (Å²) >= 11 is 7.47. The number of ketones is 1. The van der Waals surface area contributed by atoms with Gasteiger partial charge in [0, 0.05) is 5.71 Å². The number of thiocarbonyl (C=S) groups is 1. The van der Waals surface area contributed by atoms with Gasteiger partial charge in [-0.05, 0) is 87.1 Å². The lowest BCUT2D eigenvalue weighted by atomic mass is 9.85. The fraction of sp³-hybridized carbons (Fsp3) is 0.500. The second-order valence-corrected chi connectivity index (χ2v) is 7.75. The molecule has 136 valence electrons. The summed E-state index contributed by atoms with van der Waals surface area (Å²) in [4.78, 5) is 16.4. The van der Waals surface area contributed by atoms with Crippen molar-refractivity contribution in [3.63, 3.8) is 0 Å². The van der Waals surface area contributed by atoms with Crippen molar-refractivity contribution in [3.05, 3.63) is 21.3 Å². The Hall–Kier alpha value is -1.22. The van der Waals surface area contributed by atoms with E-state index in [4.69, 9.17) is 21.7 Å². The van der Waals surface area contributed by atoms with E-state index in [1.54, 1.807) is 6.92 Å². The minimum atomic E-state index is -0.353. The number of rotatable bonds is 6. The molecule has 1 N–H and O–H groups in total. The van der Waals surface area contributed by atoms with Gasteiger partial charge in [0.25, 0.3) is 0 Å². The molecule has 2 atom stereocenters. The molecule has 0 spiro atoms. The first-order valence-corrected chi connectivity index (χ1v) is 9.72. The topological polar surface area (TPSA) is 59.9 Å². The van der Waals surface area contributed by atoms with Crippen LogP contribution in [0.1, 0.15) is 46.2 Å². The molecule has 0 aliphatic carbocycles. The summed E-state index contributed by atoms with van der Waals surface area (Å²) in [7, 11) is 0. The van der Waals surface area contributed by atoms with Crippen LogP contribution in [0, 0.1) is 9.49 Å². The maximum Gasteiger partial charge on any atom is 0.193 e. The predicted molar refractivity (Wildman–Crippen MR) is 112 cm³/mol. The quantitative estimate of drug-likeness (QED) is 0.498. The van der Waals surface area contributed by atoms with Crippen molar-refractivity contribution < 1.29 is 14.3 Å². The molecule has 0 radical (unpaired) electrons. The maximum absolute atomic E-state index is 12.2. The van der Waals surface area contributed by atoms with Gasteiger partial charge < -0.3 is 14.8 Å². The molecule has 0 fully saturated rings. The maximum atomic E-state index is 12.2. The average molecular weight is 474 g/mol. The Morgan fingerprint density at radius 1 is 1.44 bits per heavy atom. The molecule has 1 aliphatic rings. The van der Waals surface area contributed by atoms with E-state index in [1.165, 1.54) is 0 Å². The number of nitrogens with zero attached hydrogens (tertiary/aromatic N) is 1. The van der Waals surface area contributed by atoms with Crippen molar-refractivity contribution in [2.24, 2.45) is 10.9 Å². The molecule has 0 aromatic heterocycles. The number of hydrogen-bond donors (Lipinski definition) is 1. The monoisotopic (exact) mass is 474 g/mol. The van der Waals surface area contributed by atoms with Gasteiger partial charge in [-0.25, -0.2) is 4.99 Å². The normalized spacial score (nSPS) is 20.1. The molecule has 0 amide bonds. The van der Waals surface area contributed by atoms with E-state index in [-0.39, 0.29) is 23.8 Å². The summed E-state index contributed by atoms with van der Waals surface area (Å²) in [5.41, 5.74) is 1.66. The molecule has 2 rings (SSSR count). The lowest BCUT2D eigenvalue weighted by Crippen LogP contribution is -2.42. The number of aliphatic imine (C=N–C) groups is 1. The summed E-state index contributed by atoms with van der Waals surface area (Å²) in [6, 6.07) is 3.68. The van der Waals surface area contributed by atoms with Crippen molar-refractivity contribution in [1.29, 1.82) is 0 Å². The minimum Gasteiger partial charge on any atom is -0.490 e. The highest BCUT2D eigenvalue weighted by Crippen LogP contribution is 2.39. The van der Waals surface area contributed by atoms with Gasteiger partial charge in [0.1, 0.15) is 5.78 Å². The zero-order valence-electron chi connectivity index (χ0n) is 15.1. The molecule has 5 nitrogen and oxygen atoms in total. The van der Waals surface area contributed by atoms with Gasteiger partial charge in [-0.15, -0.1) is 0 Å². The highest BCUT2D eigenvalue weighted by molar-refractivity contribution is 14.1. The third-order valence-corrected chi connectivity index (χ3v) is 4.83. The smallest absolute Gasteiger partial charge is 0.193 e. The molecule has 1 aliphatic heterocycles.